The Balaban J connectivity index is 2.44. The monoisotopic (exact) mass is 287 g/mol. The zero-order chi connectivity index (χ0) is 15.2. The van der Waals surface area contributed by atoms with Crippen LogP contribution in [0.5, 0.6) is 0 Å². The van der Waals surface area contributed by atoms with Crippen LogP contribution in [0.25, 0.3) is 31.8 Å². The van der Waals surface area contributed by atoms with E-state index in [1.807, 2.05) is 0 Å². The minimum atomic E-state index is -0.762. The zero-order valence-corrected chi connectivity index (χ0v) is 10.8. The predicted octanol–water partition coefficient (Wildman–Crippen LogP) is 3.93. The maximum absolute atomic E-state index is 13.3. The summed E-state index contributed by atoms with van der Waals surface area (Å²) >= 11 is 0. The standard InChI is InChI=1S/C12H10FN7O/c13-8-2-3-11-9(6-8)10(12(21)17-19-15)7-20(11)5-1-4-16-18-14/h2-3,6-7H,1,4-5H2. The van der Waals surface area contributed by atoms with Gasteiger partial charge >= 0.3 is 0 Å². The SMILES string of the molecule is [N-]=[N+]=NCCCn1cc(C(=O)N=[N+]=[N-])c2cc(F)ccc21. The molecule has 0 saturated carbocycles. The van der Waals surface area contributed by atoms with Crippen molar-refractivity contribution in [2.75, 3.05) is 6.54 Å². The lowest BCUT2D eigenvalue weighted by atomic mass is 10.1. The van der Waals surface area contributed by atoms with Gasteiger partial charge in [0, 0.05) is 40.0 Å². The van der Waals surface area contributed by atoms with E-state index in [0.717, 1.165) is 0 Å². The highest BCUT2D eigenvalue weighted by atomic mass is 19.1. The molecule has 21 heavy (non-hydrogen) atoms. The number of carbonyl (C=O) groups is 1. The molecule has 0 spiro atoms. The van der Waals surface area contributed by atoms with Gasteiger partial charge in [-0.1, -0.05) is 5.11 Å². The summed E-state index contributed by atoms with van der Waals surface area (Å²) in [5.41, 5.74) is 17.4. The highest BCUT2D eigenvalue weighted by molar-refractivity contribution is 6.07. The Labute approximate surface area is 118 Å². The molecule has 1 amide bonds. The van der Waals surface area contributed by atoms with Crippen molar-refractivity contribution in [3.63, 3.8) is 0 Å². The van der Waals surface area contributed by atoms with Crippen molar-refractivity contribution in [1.29, 1.82) is 0 Å². The van der Waals surface area contributed by atoms with Crippen molar-refractivity contribution < 1.29 is 9.18 Å². The first-order valence-electron chi connectivity index (χ1n) is 6.06. The van der Waals surface area contributed by atoms with Gasteiger partial charge in [0.2, 0.25) is 0 Å². The van der Waals surface area contributed by atoms with Crippen LogP contribution in [-0.2, 0) is 6.54 Å². The first kappa shape index (κ1) is 14.4. The fourth-order valence-electron chi connectivity index (χ4n) is 2.08. The van der Waals surface area contributed by atoms with E-state index in [2.05, 4.69) is 20.1 Å². The van der Waals surface area contributed by atoms with Crippen molar-refractivity contribution in [2.24, 2.45) is 10.2 Å². The summed E-state index contributed by atoms with van der Waals surface area (Å²) in [4.78, 5) is 16.8. The summed E-state index contributed by atoms with van der Waals surface area (Å²) in [5, 5.41) is 6.85. The van der Waals surface area contributed by atoms with Gasteiger partial charge in [-0.25, -0.2) is 4.39 Å². The molecular weight excluding hydrogens is 277 g/mol. The van der Waals surface area contributed by atoms with E-state index < -0.39 is 11.7 Å². The molecule has 0 fully saturated rings. The summed E-state index contributed by atoms with van der Waals surface area (Å²) in [6.45, 7) is 0.807. The highest BCUT2D eigenvalue weighted by Gasteiger charge is 2.14. The molecule has 0 radical (unpaired) electrons. The lowest BCUT2D eigenvalue weighted by Crippen LogP contribution is -1.98. The van der Waals surface area contributed by atoms with E-state index in [-0.39, 0.29) is 5.56 Å². The number of aryl methyl sites for hydroxylation is 1. The molecule has 0 atom stereocenters. The number of fused-ring (bicyclic) bond motifs is 1. The number of carbonyl (C=O) groups excluding carboxylic acids is 1. The van der Waals surface area contributed by atoms with Crippen molar-refractivity contribution in [2.45, 2.75) is 13.0 Å². The van der Waals surface area contributed by atoms with Gasteiger partial charge < -0.3 is 4.57 Å². The molecule has 1 aromatic heterocycles. The Morgan fingerprint density at radius 3 is 2.86 bits per heavy atom. The Hall–Kier alpha value is -3.02. The van der Waals surface area contributed by atoms with Gasteiger partial charge in [-0.3, -0.25) is 4.79 Å². The van der Waals surface area contributed by atoms with Gasteiger partial charge in [0.25, 0.3) is 5.91 Å². The van der Waals surface area contributed by atoms with Crippen molar-refractivity contribution in [1.82, 2.24) is 4.57 Å². The van der Waals surface area contributed by atoms with Crippen LogP contribution in [0.15, 0.2) is 34.6 Å². The predicted molar refractivity (Wildman–Crippen MR) is 74.0 cm³/mol. The topological polar surface area (TPSA) is 120 Å². The van der Waals surface area contributed by atoms with Gasteiger partial charge in [-0.2, -0.15) is 0 Å². The Morgan fingerprint density at radius 1 is 1.33 bits per heavy atom. The lowest BCUT2D eigenvalue weighted by molar-refractivity contribution is 0.100. The average Bonchev–Trinajstić information content (AvgIpc) is 2.82. The van der Waals surface area contributed by atoms with Crippen LogP contribution < -0.4 is 0 Å². The molecule has 0 saturated heterocycles. The molecule has 0 aliphatic rings. The van der Waals surface area contributed by atoms with E-state index in [1.165, 1.54) is 18.3 Å². The third-order valence-corrected chi connectivity index (χ3v) is 2.93. The fourth-order valence-corrected chi connectivity index (χ4v) is 2.08. The molecule has 2 aromatic rings. The summed E-state index contributed by atoms with van der Waals surface area (Å²) in [7, 11) is 0. The van der Waals surface area contributed by atoms with Gasteiger partial charge in [-0.15, -0.1) is 0 Å². The van der Waals surface area contributed by atoms with E-state index >= 15 is 0 Å². The fraction of sp³-hybridized carbons (Fsp3) is 0.250. The molecule has 0 bridgehead atoms. The number of hydrogen-bond acceptors (Lipinski definition) is 2. The summed E-state index contributed by atoms with van der Waals surface area (Å²) in [5.74, 6) is -1.24. The smallest absolute Gasteiger partial charge is 0.251 e. The quantitative estimate of drug-likeness (QED) is 0.352. The lowest BCUT2D eigenvalue weighted by Gasteiger charge is -2.03. The minimum Gasteiger partial charge on any atom is -0.347 e. The van der Waals surface area contributed by atoms with Gasteiger partial charge in [0.15, 0.2) is 0 Å². The van der Waals surface area contributed by atoms with E-state index in [1.54, 1.807) is 10.6 Å². The zero-order valence-electron chi connectivity index (χ0n) is 10.8. The van der Waals surface area contributed by atoms with Crippen LogP contribution in [0, 0.1) is 5.82 Å². The molecule has 8 nitrogen and oxygen atoms in total. The maximum atomic E-state index is 13.3. The van der Waals surface area contributed by atoms with E-state index in [4.69, 9.17) is 11.1 Å². The first-order chi connectivity index (χ1) is 10.2. The average molecular weight is 287 g/mol. The second kappa shape index (κ2) is 6.42. The Kier molecular flexibility index (Phi) is 4.40. The van der Waals surface area contributed by atoms with Crippen molar-refractivity contribution in [3.8, 4) is 0 Å². The largest absolute Gasteiger partial charge is 0.347 e. The molecular formula is C12H10FN7O. The van der Waals surface area contributed by atoms with Crippen molar-refractivity contribution >= 4 is 16.8 Å². The molecule has 0 aliphatic heterocycles. The second-order valence-corrected chi connectivity index (χ2v) is 4.20. The summed E-state index contributed by atoms with van der Waals surface area (Å²) < 4.78 is 15.1. The molecule has 1 heterocycles. The van der Waals surface area contributed by atoms with Crippen LogP contribution in [0.1, 0.15) is 16.8 Å². The minimum absolute atomic E-state index is 0.145. The van der Waals surface area contributed by atoms with Crippen molar-refractivity contribution in [3.05, 3.63) is 56.7 Å². The molecule has 106 valence electrons. The van der Waals surface area contributed by atoms with Crippen LogP contribution in [0.3, 0.4) is 0 Å². The number of hydrogen-bond donors (Lipinski definition) is 0. The number of benzene rings is 1. The third-order valence-electron chi connectivity index (χ3n) is 2.93. The third kappa shape index (κ3) is 3.11. The molecule has 0 N–H and O–H groups in total. The molecule has 0 aliphatic carbocycles. The maximum Gasteiger partial charge on any atom is 0.251 e. The van der Waals surface area contributed by atoms with Gasteiger partial charge in [0.1, 0.15) is 5.82 Å². The van der Waals surface area contributed by atoms with Gasteiger partial charge in [0.05, 0.1) is 5.56 Å². The number of rotatable bonds is 5. The molecule has 2 rings (SSSR count). The number of azide groups is 2. The summed E-state index contributed by atoms with van der Waals surface area (Å²) in [6.07, 6.45) is 2.08. The number of halogens is 1. The number of aromatic nitrogens is 1. The normalized spacial score (nSPS) is 9.95. The number of nitrogens with zero attached hydrogens (tertiary/aromatic N) is 7. The van der Waals surface area contributed by atoms with Crippen LogP contribution in [0.4, 0.5) is 4.39 Å². The second-order valence-electron chi connectivity index (χ2n) is 4.20. The Morgan fingerprint density at radius 2 is 2.14 bits per heavy atom. The molecule has 0 unspecified atom stereocenters. The van der Waals surface area contributed by atoms with Crippen LogP contribution in [0.2, 0.25) is 0 Å². The molecule has 9 heteroatoms. The highest BCUT2D eigenvalue weighted by Crippen LogP contribution is 2.23. The van der Waals surface area contributed by atoms with Gasteiger partial charge in [-0.05, 0) is 40.8 Å². The van der Waals surface area contributed by atoms with E-state index in [0.29, 0.717) is 30.4 Å². The first-order valence-corrected chi connectivity index (χ1v) is 6.06. The molecule has 1 aromatic carbocycles. The number of amides is 1. The summed E-state index contributed by atoms with van der Waals surface area (Å²) in [6, 6.07) is 4.05. The van der Waals surface area contributed by atoms with Crippen LogP contribution in [-0.4, -0.2) is 17.0 Å². The van der Waals surface area contributed by atoms with Crippen LogP contribution >= 0.6 is 0 Å². The Bertz CT molecular complexity index is 784. The van der Waals surface area contributed by atoms with E-state index in [9.17, 15) is 9.18 Å².